The molecule has 1 N–H and O–H groups in total. The lowest BCUT2D eigenvalue weighted by Gasteiger charge is -2.33. The molecule has 1 fully saturated rings. The summed E-state index contributed by atoms with van der Waals surface area (Å²) in [6.45, 7) is 6.35. The van der Waals surface area contributed by atoms with Crippen molar-refractivity contribution in [2.45, 2.75) is 19.6 Å². The van der Waals surface area contributed by atoms with Gasteiger partial charge in [0.05, 0.1) is 19.3 Å². The number of nitrogens with zero attached hydrogens (tertiary/aromatic N) is 1. The van der Waals surface area contributed by atoms with Gasteiger partial charge in [-0.3, -0.25) is 9.69 Å². The van der Waals surface area contributed by atoms with E-state index in [1.54, 1.807) is 12.2 Å². The molecule has 0 aliphatic carbocycles. The quantitative estimate of drug-likeness (QED) is 0.715. The van der Waals surface area contributed by atoms with Crippen LogP contribution in [-0.2, 0) is 16.1 Å². The molecule has 5 heteroatoms. The molecule has 148 valence electrons. The highest BCUT2D eigenvalue weighted by molar-refractivity contribution is 5.92. The van der Waals surface area contributed by atoms with E-state index in [4.69, 9.17) is 9.47 Å². The minimum atomic E-state index is -0.130. The van der Waals surface area contributed by atoms with Gasteiger partial charge in [0.15, 0.2) is 0 Å². The first-order valence-electron chi connectivity index (χ1n) is 9.80. The van der Waals surface area contributed by atoms with E-state index in [0.717, 1.165) is 30.9 Å². The van der Waals surface area contributed by atoms with Gasteiger partial charge in [-0.2, -0.15) is 0 Å². The normalized spacial score (nSPS) is 17.5. The predicted octanol–water partition coefficient (Wildman–Crippen LogP) is 3.12. The molecule has 28 heavy (non-hydrogen) atoms. The second-order valence-corrected chi connectivity index (χ2v) is 6.76. The Labute approximate surface area is 167 Å². The largest absolute Gasteiger partial charge is 0.493 e. The molecule has 2 aromatic rings. The lowest BCUT2D eigenvalue weighted by molar-refractivity contribution is -0.117. The molecule has 1 saturated heterocycles. The van der Waals surface area contributed by atoms with Gasteiger partial charge < -0.3 is 14.8 Å². The SMILES string of the molecule is CCOc1ccccc1C=CC(=O)NCC1CN(Cc2ccccc2)CCO1. The van der Waals surface area contributed by atoms with Gasteiger partial charge in [0, 0.05) is 37.8 Å². The second-order valence-electron chi connectivity index (χ2n) is 6.76. The topological polar surface area (TPSA) is 50.8 Å². The Morgan fingerprint density at radius 2 is 2.00 bits per heavy atom. The van der Waals surface area contributed by atoms with Crippen molar-refractivity contribution in [3.05, 3.63) is 71.8 Å². The van der Waals surface area contributed by atoms with Gasteiger partial charge in [0.1, 0.15) is 5.75 Å². The van der Waals surface area contributed by atoms with Gasteiger partial charge >= 0.3 is 0 Å². The van der Waals surface area contributed by atoms with Crippen LogP contribution in [0.3, 0.4) is 0 Å². The summed E-state index contributed by atoms with van der Waals surface area (Å²) in [6.07, 6.45) is 3.33. The summed E-state index contributed by atoms with van der Waals surface area (Å²) in [6, 6.07) is 18.1. The van der Waals surface area contributed by atoms with Crippen molar-refractivity contribution >= 4 is 12.0 Å². The molecule has 1 aliphatic rings. The van der Waals surface area contributed by atoms with Crippen LogP contribution in [-0.4, -0.2) is 49.8 Å². The van der Waals surface area contributed by atoms with Crippen molar-refractivity contribution in [2.24, 2.45) is 0 Å². The number of ether oxygens (including phenoxy) is 2. The van der Waals surface area contributed by atoms with E-state index in [1.165, 1.54) is 5.56 Å². The van der Waals surface area contributed by atoms with E-state index in [0.29, 0.717) is 19.8 Å². The molecule has 5 nitrogen and oxygen atoms in total. The van der Waals surface area contributed by atoms with Crippen LogP contribution in [0.1, 0.15) is 18.1 Å². The van der Waals surface area contributed by atoms with Gasteiger partial charge in [0.25, 0.3) is 0 Å². The maximum atomic E-state index is 12.2. The zero-order valence-corrected chi connectivity index (χ0v) is 16.3. The third-order valence-electron chi connectivity index (χ3n) is 4.61. The fourth-order valence-corrected chi connectivity index (χ4v) is 3.23. The van der Waals surface area contributed by atoms with Crippen molar-refractivity contribution in [1.29, 1.82) is 0 Å². The summed E-state index contributed by atoms with van der Waals surface area (Å²) in [5, 5.41) is 2.94. The van der Waals surface area contributed by atoms with Crippen LogP contribution in [0.5, 0.6) is 5.75 Å². The maximum absolute atomic E-state index is 12.2. The Morgan fingerprint density at radius 1 is 1.21 bits per heavy atom. The number of amides is 1. The molecule has 1 heterocycles. The van der Waals surface area contributed by atoms with E-state index in [1.807, 2.05) is 37.3 Å². The highest BCUT2D eigenvalue weighted by Crippen LogP contribution is 2.19. The third kappa shape index (κ3) is 6.22. The predicted molar refractivity (Wildman–Crippen MR) is 111 cm³/mol. The molecule has 0 bridgehead atoms. The van der Waals surface area contributed by atoms with Gasteiger partial charge in [0.2, 0.25) is 5.91 Å². The molecule has 1 unspecified atom stereocenters. The van der Waals surface area contributed by atoms with E-state index >= 15 is 0 Å². The van der Waals surface area contributed by atoms with Crippen molar-refractivity contribution in [2.75, 3.05) is 32.8 Å². The molecule has 1 amide bonds. The van der Waals surface area contributed by atoms with Crippen molar-refractivity contribution in [3.8, 4) is 5.75 Å². The smallest absolute Gasteiger partial charge is 0.244 e. The maximum Gasteiger partial charge on any atom is 0.244 e. The molecule has 2 aromatic carbocycles. The highest BCUT2D eigenvalue weighted by atomic mass is 16.5. The zero-order chi connectivity index (χ0) is 19.6. The number of para-hydroxylation sites is 1. The summed E-state index contributed by atoms with van der Waals surface area (Å²) < 4.78 is 11.4. The molecule has 1 aliphatic heterocycles. The molecule has 0 radical (unpaired) electrons. The summed E-state index contributed by atoms with van der Waals surface area (Å²) in [5.41, 5.74) is 2.19. The van der Waals surface area contributed by atoms with Gasteiger partial charge in [-0.15, -0.1) is 0 Å². The van der Waals surface area contributed by atoms with E-state index in [2.05, 4.69) is 34.5 Å². The minimum absolute atomic E-state index is 0.00511. The molecule has 0 saturated carbocycles. The number of rotatable bonds is 8. The van der Waals surface area contributed by atoms with Crippen LogP contribution in [0, 0.1) is 0 Å². The van der Waals surface area contributed by atoms with Crippen LogP contribution < -0.4 is 10.1 Å². The van der Waals surface area contributed by atoms with Crippen LogP contribution in [0.25, 0.3) is 6.08 Å². The zero-order valence-electron chi connectivity index (χ0n) is 16.3. The third-order valence-corrected chi connectivity index (χ3v) is 4.61. The minimum Gasteiger partial charge on any atom is -0.493 e. The fourth-order valence-electron chi connectivity index (χ4n) is 3.23. The molecular weight excluding hydrogens is 352 g/mol. The Morgan fingerprint density at radius 3 is 2.82 bits per heavy atom. The number of benzene rings is 2. The van der Waals surface area contributed by atoms with Gasteiger partial charge in [-0.25, -0.2) is 0 Å². The van der Waals surface area contributed by atoms with Gasteiger partial charge in [-0.1, -0.05) is 48.5 Å². The summed E-state index contributed by atoms with van der Waals surface area (Å²) in [4.78, 5) is 14.6. The van der Waals surface area contributed by atoms with E-state index in [-0.39, 0.29) is 12.0 Å². The van der Waals surface area contributed by atoms with Crippen molar-refractivity contribution in [1.82, 2.24) is 10.2 Å². The Kier molecular flexibility index (Phi) is 7.64. The first-order chi connectivity index (χ1) is 13.7. The van der Waals surface area contributed by atoms with Crippen LogP contribution in [0.2, 0.25) is 0 Å². The van der Waals surface area contributed by atoms with E-state index < -0.39 is 0 Å². The summed E-state index contributed by atoms with van der Waals surface area (Å²) >= 11 is 0. The number of carbonyl (C=O) groups is 1. The molecule has 1 atom stereocenters. The number of carbonyl (C=O) groups excluding carboxylic acids is 1. The monoisotopic (exact) mass is 380 g/mol. The van der Waals surface area contributed by atoms with Crippen LogP contribution in [0.15, 0.2) is 60.7 Å². The summed E-state index contributed by atoms with van der Waals surface area (Å²) in [5.74, 6) is 0.649. The summed E-state index contributed by atoms with van der Waals surface area (Å²) in [7, 11) is 0. The fraction of sp³-hybridized carbons (Fsp3) is 0.348. The van der Waals surface area contributed by atoms with Crippen molar-refractivity contribution in [3.63, 3.8) is 0 Å². The van der Waals surface area contributed by atoms with E-state index in [9.17, 15) is 4.79 Å². The number of hydrogen-bond acceptors (Lipinski definition) is 4. The second kappa shape index (κ2) is 10.6. The number of morpholine rings is 1. The first-order valence-corrected chi connectivity index (χ1v) is 9.80. The molecule has 0 aromatic heterocycles. The average Bonchev–Trinajstić information content (AvgIpc) is 2.73. The lowest BCUT2D eigenvalue weighted by Crippen LogP contribution is -2.46. The Balaban J connectivity index is 1.46. The first kappa shape index (κ1) is 20.1. The lowest BCUT2D eigenvalue weighted by atomic mass is 10.2. The van der Waals surface area contributed by atoms with Gasteiger partial charge in [-0.05, 0) is 24.6 Å². The van der Waals surface area contributed by atoms with Crippen LogP contribution in [0.4, 0.5) is 0 Å². The number of hydrogen-bond donors (Lipinski definition) is 1. The molecular formula is C23H28N2O3. The van der Waals surface area contributed by atoms with Crippen LogP contribution >= 0.6 is 0 Å². The standard InChI is InChI=1S/C23H28N2O3/c1-2-27-22-11-7-6-10-20(22)12-13-23(26)24-16-21-18-25(14-15-28-21)17-19-8-4-3-5-9-19/h3-13,21H,2,14-18H2,1H3,(H,24,26). The molecule has 0 spiro atoms. The average molecular weight is 380 g/mol. The Hall–Kier alpha value is -2.63. The number of nitrogens with one attached hydrogen (secondary N) is 1. The molecule has 3 rings (SSSR count). The highest BCUT2D eigenvalue weighted by Gasteiger charge is 2.20. The Bertz CT molecular complexity index is 776. The van der Waals surface area contributed by atoms with Crippen molar-refractivity contribution < 1.29 is 14.3 Å².